The van der Waals surface area contributed by atoms with E-state index in [1.165, 1.54) is 11.3 Å². The van der Waals surface area contributed by atoms with Crippen molar-refractivity contribution in [3.8, 4) is 0 Å². The molecule has 86 valence electrons. The second-order valence-corrected chi connectivity index (χ2v) is 7.07. The Morgan fingerprint density at radius 2 is 2.20 bits per heavy atom. The Bertz CT molecular complexity index is 414. The average Bonchev–Trinajstić information content (AvgIpc) is 2.62. The minimum absolute atomic E-state index is 0.141. The highest BCUT2D eigenvalue weighted by Crippen LogP contribution is 2.20. The molecule has 1 heterocycles. The van der Waals surface area contributed by atoms with Crippen LogP contribution in [0.1, 0.15) is 11.8 Å². The van der Waals surface area contributed by atoms with Crippen molar-refractivity contribution in [3.05, 3.63) is 17.0 Å². The highest BCUT2D eigenvalue weighted by molar-refractivity contribution is 7.91. The summed E-state index contributed by atoms with van der Waals surface area (Å²) in [6.07, 6.45) is 0. The number of rotatable bonds is 5. The van der Waals surface area contributed by atoms with Crippen molar-refractivity contribution in [1.29, 1.82) is 0 Å². The van der Waals surface area contributed by atoms with Crippen LogP contribution in [-0.4, -0.2) is 20.8 Å². The fourth-order valence-corrected chi connectivity index (χ4v) is 3.54. The van der Waals surface area contributed by atoms with Crippen molar-refractivity contribution >= 4 is 33.0 Å². The molecule has 1 aromatic rings. The number of halogens is 1. The number of aryl methyl sites for hydroxylation is 1. The molecular formula is C9H14ClNO2S2. The van der Waals surface area contributed by atoms with Gasteiger partial charge in [0.15, 0.2) is 0 Å². The van der Waals surface area contributed by atoms with Gasteiger partial charge in [0.2, 0.25) is 10.0 Å². The molecule has 0 aliphatic carbocycles. The van der Waals surface area contributed by atoms with Gasteiger partial charge in [0.05, 0.1) is 0 Å². The molecule has 0 saturated carbocycles. The first-order valence-electron chi connectivity index (χ1n) is 4.58. The molecule has 0 fully saturated rings. The highest BCUT2D eigenvalue weighted by atomic mass is 35.5. The van der Waals surface area contributed by atoms with Gasteiger partial charge in [0, 0.05) is 17.3 Å². The van der Waals surface area contributed by atoms with Gasteiger partial charge < -0.3 is 0 Å². The van der Waals surface area contributed by atoms with E-state index in [0.29, 0.717) is 16.6 Å². The van der Waals surface area contributed by atoms with Gasteiger partial charge in [-0.25, -0.2) is 13.1 Å². The molecule has 1 rings (SSSR count). The van der Waals surface area contributed by atoms with E-state index in [4.69, 9.17) is 11.6 Å². The van der Waals surface area contributed by atoms with E-state index < -0.39 is 10.0 Å². The van der Waals surface area contributed by atoms with E-state index in [-0.39, 0.29) is 5.92 Å². The summed E-state index contributed by atoms with van der Waals surface area (Å²) in [5, 5.41) is 0. The van der Waals surface area contributed by atoms with Crippen LogP contribution in [0.3, 0.4) is 0 Å². The lowest BCUT2D eigenvalue weighted by Crippen LogP contribution is -2.28. The lowest BCUT2D eigenvalue weighted by Gasteiger charge is -2.08. The van der Waals surface area contributed by atoms with Crippen LogP contribution in [0.15, 0.2) is 16.3 Å². The lowest BCUT2D eigenvalue weighted by atomic mass is 10.2. The number of nitrogens with one attached hydrogen (secondary N) is 1. The Morgan fingerprint density at radius 3 is 2.67 bits per heavy atom. The Labute approximate surface area is 99.5 Å². The maximum absolute atomic E-state index is 11.7. The molecule has 0 saturated heterocycles. The third kappa shape index (κ3) is 3.75. The predicted molar refractivity (Wildman–Crippen MR) is 64.1 cm³/mol. The van der Waals surface area contributed by atoms with E-state index in [0.717, 1.165) is 4.88 Å². The first kappa shape index (κ1) is 13.0. The van der Waals surface area contributed by atoms with Gasteiger partial charge in [-0.05, 0) is 25.0 Å². The van der Waals surface area contributed by atoms with Crippen LogP contribution in [0, 0.1) is 12.8 Å². The summed E-state index contributed by atoms with van der Waals surface area (Å²) >= 11 is 6.87. The quantitative estimate of drug-likeness (QED) is 0.832. The SMILES string of the molecule is Cc1ccc(S(=O)(=O)NCC(C)CCl)s1. The molecule has 15 heavy (non-hydrogen) atoms. The second-order valence-electron chi connectivity index (χ2n) is 3.48. The monoisotopic (exact) mass is 267 g/mol. The number of thiophene rings is 1. The molecule has 6 heteroatoms. The van der Waals surface area contributed by atoms with E-state index in [2.05, 4.69) is 4.72 Å². The zero-order chi connectivity index (χ0) is 11.5. The Morgan fingerprint density at radius 1 is 1.53 bits per heavy atom. The smallest absolute Gasteiger partial charge is 0.210 e. The van der Waals surface area contributed by atoms with Crippen molar-refractivity contribution < 1.29 is 8.42 Å². The summed E-state index contributed by atoms with van der Waals surface area (Å²) < 4.78 is 26.3. The zero-order valence-corrected chi connectivity index (χ0v) is 11.0. The molecule has 1 N–H and O–H groups in total. The van der Waals surface area contributed by atoms with Crippen LogP contribution >= 0.6 is 22.9 Å². The lowest BCUT2D eigenvalue weighted by molar-refractivity contribution is 0.563. The molecule has 0 radical (unpaired) electrons. The maximum atomic E-state index is 11.7. The van der Waals surface area contributed by atoms with Crippen molar-refractivity contribution in [2.24, 2.45) is 5.92 Å². The minimum Gasteiger partial charge on any atom is -0.210 e. The van der Waals surface area contributed by atoms with E-state index >= 15 is 0 Å². The third-order valence-electron chi connectivity index (χ3n) is 1.87. The van der Waals surface area contributed by atoms with Gasteiger partial charge in [-0.15, -0.1) is 22.9 Å². The summed E-state index contributed by atoms with van der Waals surface area (Å²) in [6, 6.07) is 3.41. The molecule has 3 nitrogen and oxygen atoms in total. The summed E-state index contributed by atoms with van der Waals surface area (Å²) in [6.45, 7) is 4.16. The fraction of sp³-hybridized carbons (Fsp3) is 0.556. The van der Waals surface area contributed by atoms with Crippen molar-refractivity contribution in [1.82, 2.24) is 4.72 Å². The predicted octanol–water partition coefficient (Wildman–Crippen LogP) is 2.21. The van der Waals surface area contributed by atoms with Crippen molar-refractivity contribution in [3.63, 3.8) is 0 Å². The standard InChI is InChI=1S/C9H14ClNO2S2/c1-7(5-10)6-11-15(12,13)9-4-3-8(2)14-9/h3-4,7,11H,5-6H2,1-2H3. The molecule has 0 aliphatic rings. The van der Waals surface area contributed by atoms with E-state index in [1.807, 2.05) is 13.8 Å². The first-order valence-corrected chi connectivity index (χ1v) is 7.41. The van der Waals surface area contributed by atoms with Crippen LogP contribution < -0.4 is 4.72 Å². The van der Waals surface area contributed by atoms with Gasteiger partial charge in [0.25, 0.3) is 0 Å². The normalized spacial score (nSPS) is 14.1. The van der Waals surface area contributed by atoms with Crippen LogP contribution in [0.25, 0.3) is 0 Å². The van der Waals surface area contributed by atoms with Crippen LogP contribution in [0.2, 0.25) is 0 Å². The molecule has 1 atom stereocenters. The van der Waals surface area contributed by atoms with Crippen molar-refractivity contribution in [2.75, 3.05) is 12.4 Å². The van der Waals surface area contributed by atoms with E-state index in [9.17, 15) is 8.42 Å². The minimum atomic E-state index is -3.33. The van der Waals surface area contributed by atoms with Gasteiger partial charge in [-0.1, -0.05) is 6.92 Å². The summed E-state index contributed by atoms with van der Waals surface area (Å²) in [4.78, 5) is 0.987. The van der Waals surface area contributed by atoms with Crippen LogP contribution in [0.4, 0.5) is 0 Å². The van der Waals surface area contributed by atoms with Crippen LogP contribution in [-0.2, 0) is 10.0 Å². The number of sulfonamides is 1. The van der Waals surface area contributed by atoms with E-state index in [1.54, 1.807) is 12.1 Å². The first-order chi connectivity index (χ1) is 6.95. The largest absolute Gasteiger partial charge is 0.250 e. The topological polar surface area (TPSA) is 46.2 Å². The average molecular weight is 268 g/mol. The maximum Gasteiger partial charge on any atom is 0.250 e. The molecule has 0 aliphatic heterocycles. The van der Waals surface area contributed by atoms with Gasteiger partial charge >= 0.3 is 0 Å². The zero-order valence-electron chi connectivity index (χ0n) is 8.66. The highest BCUT2D eigenvalue weighted by Gasteiger charge is 2.16. The molecular weight excluding hydrogens is 254 g/mol. The van der Waals surface area contributed by atoms with Gasteiger partial charge in [-0.2, -0.15) is 0 Å². The molecule has 0 spiro atoms. The molecule has 1 aromatic heterocycles. The Hall–Kier alpha value is -0.100. The molecule has 1 unspecified atom stereocenters. The number of hydrogen-bond acceptors (Lipinski definition) is 3. The van der Waals surface area contributed by atoms with Crippen molar-refractivity contribution in [2.45, 2.75) is 18.1 Å². The molecule has 0 amide bonds. The summed E-state index contributed by atoms with van der Waals surface area (Å²) in [7, 11) is -3.33. The third-order valence-corrected chi connectivity index (χ3v) is 5.31. The van der Waals surface area contributed by atoms with Crippen LogP contribution in [0.5, 0.6) is 0 Å². The Balaban J connectivity index is 2.68. The van der Waals surface area contributed by atoms with Gasteiger partial charge in [-0.3, -0.25) is 0 Å². The second kappa shape index (κ2) is 5.30. The fourth-order valence-electron chi connectivity index (χ4n) is 0.934. The Kier molecular flexibility index (Phi) is 4.58. The molecule has 0 bridgehead atoms. The number of hydrogen-bond donors (Lipinski definition) is 1. The molecule has 0 aromatic carbocycles. The number of alkyl halides is 1. The summed E-state index contributed by atoms with van der Waals surface area (Å²) in [5.41, 5.74) is 0. The van der Waals surface area contributed by atoms with Gasteiger partial charge in [0.1, 0.15) is 4.21 Å². The summed E-state index contributed by atoms with van der Waals surface area (Å²) in [5.74, 6) is 0.592.